The summed E-state index contributed by atoms with van der Waals surface area (Å²) in [5, 5.41) is 4.96. The number of anilines is 1. The van der Waals surface area contributed by atoms with Crippen LogP contribution >= 0.6 is 0 Å². The minimum absolute atomic E-state index is 0.185. The van der Waals surface area contributed by atoms with Crippen LogP contribution in [-0.2, 0) is 19.6 Å². The van der Waals surface area contributed by atoms with Crippen molar-refractivity contribution in [3.63, 3.8) is 0 Å². The molecule has 4 rings (SSSR count). The van der Waals surface area contributed by atoms with Crippen molar-refractivity contribution in [1.29, 1.82) is 0 Å². The van der Waals surface area contributed by atoms with Gasteiger partial charge in [0, 0.05) is 30.6 Å². The molecule has 7 nitrogen and oxygen atoms in total. The van der Waals surface area contributed by atoms with Crippen LogP contribution in [0, 0.1) is 6.92 Å². The number of nitrogens with one attached hydrogen (secondary N) is 1. The van der Waals surface area contributed by atoms with Crippen LogP contribution in [0.15, 0.2) is 65.6 Å². The molecule has 0 spiro atoms. The molecule has 1 saturated heterocycles. The number of carbonyl (C=O) groups excluding carboxylic acids is 1. The Kier molecular flexibility index (Phi) is 7.27. The third-order valence-electron chi connectivity index (χ3n) is 5.62. The lowest BCUT2D eigenvalue weighted by atomic mass is 10.1. The maximum Gasteiger partial charge on any atom is 0.243 e. The van der Waals surface area contributed by atoms with E-state index in [1.54, 1.807) is 19.1 Å². The summed E-state index contributed by atoms with van der Waals surface area (Å²) in [7, 11) is -3.64. The van der Waals surface area contributed by atoms with Gasteiger partial charge in [-0.1, -0.05) is 42.5 Å². The normalized spacial score (nSPS) is 14.8. The number of sulfonamides is 1. The average molecular weight is 469 g/mol. The molecule has 0 saturated carbocycles. The van der Waals surface area contributed by atoms with Gasteiger partial charge in [0.05, 0.1) is 24.7 Å². The Morgan fingerprint density at radius 2 is 1.82 bits per heavy atom. The number of fused-ring (bicyclic) bond motifs is 1. The van der Waals surface area contributed by atoms with E-state index < -0.39 is 10.0 Å². The molecule has 1 heterocycles. The van der Waals surface area contributed by atoms with Crippen LogP contribution in [0.4, 0.5) is 5.69 Å². The SMILES string of the molecule is Cc1ccc(NC(=O)CCCOc2cccc3ccccc23)cc1S(=O)(=O)N1CCOCC1. The standard InChI is InChI=1S/C25H28N2O5S/c1-19-11-12-21(18-24(19)33(29,30)27-13-16-31-17-14-27)26-25(28)10-5-15-32-23-9-4-7-20-6-2-3-8-22(20)23/h2-4,6-9,11-12,18H,5,10,13-17H2,1H3,(H,26,28). The Bertz CT molecular complexity index is 1230. The highest BCUT2D eigenvalue weighted by Crippen LogP contribution is 2.26. The van der Waals surface area contributed by atoms with Crippen LogP contribution in [0.5, 0.6) is 5.75 Å². The summed E-state index contributed by atoms with van der Waals surface area (Å²) in [4.78, 5) is 12.7. The van der Waals surface area contributed by atoms with Gasteiger partial charge in [-0.15, -0.1) is 0 Å². The van der Waals surface area contributed by atoms with Crippen LogP contribution in [0.3, 0.4) is 0 Å². The molecule has 0 aliphatic carbocycles. The summed E-state index contributed by atoms with van der Waals surface area (Å²) in [6.45, 7) is 3.59. The Balaban J connectivity index is 1.33. The monoisotopic (exact) mass is 468 g/mol. The van der Waals surface area contributed by atoms with Gasteiger partial charge in [-0.2, -0.15) is 4.31 Å². The molecule has 0 atom stereocenters. The highest BCUT2D eigenvalue weighted by atomic mass is 32.2. The molecule has 174 valence electrons. The van der Waals surface area contributed by atoms with E-state index in [0.29, 0.717) is 50.6 Å². The Hall–Kier alpha value is -2.94. The van der Waals surface area contributed by atoms with Gasteiger partial charge >= 0.3 is 0 Å². The number of carbonyl (C=O) groups is 1. The molecule has 0 bridgehead atoms. The van der Waals surface area contributed by atoms with E-state index in [9.17, 15) is 13.2 Å². The van der Waals surface area contributed by atoms with Crippen LogP contribution in [0.1, 0.15) is 18.4 Å². The fourth-order valence-electron chi connectivity index (χ4n) is 3.84. The lowest BCUT2D eigenvalue weighted by Gasteiger charge is -2.26. The van der Waals surface area contributed by atoms with Crippen molar-refractivity contribution in [3.8, 4) is 5.75 Å². The molecule has 3 aromatic rings. The first-order chi connectivity index (χ1) is 15.9. The molecular formula is C25H28N2O5S. The second-order valence-corrected chi connectivity index (χ2v) is 9.88. The number of hydrogen-bond acceptors (Lipinski definition) is 5. The van der Waals surface area contributed by atoms with E-state index in [0.717, 1.165) is 16.5 Å². The van der Waals surface area contributed by atoms with Crippen molar-refractivity contribution in [2.45, 2.75) is 24.7 Å². The van der Waals surface area contributed by atoms with Gasteiger partial charge in [0.1, 0.15) is 5.75 Å². The van der Waals surface area contributed by atoms with Crippen LogP contribution in [0.25, 0.3) is 10.8 Å². The first kappa shape index (κ1) is 23.2. The predicted molar refractivity (Wildman–Crippen MR) is 128 cm³/mol. The number of aryl methyl sites for hydroxylation is 1. The summed E-state index contributed by atoms with van der Waals surface area (Å²) in [6, 6.07) is 18.9. The smallest absolute Gasteiger partial charge is 0.243 e. The van der Waals surface area contributed by atoms with Gasteiger partial charge < -0.3 is 14.8 Å². The van der Waals surface area contributed by atoms with Gasteiger partial charge in [0.25, 0.3) is 0 Å². The van der Waals surface area contributed by atoms with Crippen molar-refractivity contribution in [3.05, 3.63) is 66.2 Å². The highest BCUT2D eigenvalue weighted by molar-refractivity contribution is 7.89. The van der Waals surface area contributed by atoms with Gasteiger partial charge in [0.2, 0.25) is 15.9 Å². The van der Waals surface area contributed by atoms with Crippen molar-refractivity contribution >= 4 is 32.4 Å². The first-order valence-corrected chi connectivity index (χ1v) is 12.5. The van der Waals surface area contributed by atoms with E-state index >= 15 is 0 Å². The van der Waals surface area contributed by atoms with Gasteiger partial charge in [0.15, 0.2) is 0 Å². The summed E-state index contributed by atoms with van der Waals surface area (Å²) in [5.41, 5.74) is 1.11. The first-order valence-electron chi connectivity index (χ1n) is 11.0. The number of benzene rings is 3. The van der Waals surface area contributed by atoms with Crippen molar-refractivity contribution < 1.29 is 22.7 Å². The molecule has 8 heteroatoms. The zero-order valence-electron chi connectivity index (χ0n) is 18.6. The third kappa shape index (κ3) is 5.52. The number of ether oxygens (including phenoxy) is 2. The summed E-state index contributed by atoms with van der Waals surface area (Å²) < 4.78 is 38.6. The topological polar surface area (TPSA) is 84.9 Å². The summed E-state index contributed by atoms with van der Waals surface area (Å²) in [5.74, 6) is 0.611. The molecule has 0 unspecified atom stereocenters. The lowest BCUT2D eigenvalue weighted by Crippen LogP contribution is -2.40. The van der Waals surface area contributed by atoms with E-state index in [1.165, 1.54) is 10.4 Å². The van der Waals surface area contributed by atoms with Crippen molar-refractivity contribution in [1.82, 2.24) is 4.31 Å². The van der Waals surface area contributed by atoms with Crippen LogP contribution in [0.2, 0.25) is 0 Å². The number of nitrogens with zero attached hydrogens (tertiary/aromatic N) is 1. The molecular weight excluding hydrogens is 440 g/mol. The molecule has 1 aliphatic rings. The predicted octanol–water partition coefficient (Wildman–Crippen LogP) is 3.97. The molecule has 1 amide bonds. The van der Waals surface area contributed by atoms with E-state index in [-0.39, 0.29) is 17.2 Å². The molecule has 0 radical (unpaired) electrons. The summed E-state index contributed by atoms with van der Waals surface area (Å²) in [6.07, 6.45) is 0.810. The minimum Gasteiger partial charge on any atom is -0.493 e. The highest BCUT2D eigenvalue weighted by Gasteiger charge is 2.28. The Morgan fingerprint density at radius 3 is 2.64 bits per heavy atom. The number of morpholine rings is 1. The van der Waals surface area contributed by atoms with E-state index in [1.807, 2.05) is 42.5 Å². The second kappa shape index (κ2) is 10.3. The number of amides is 1. The molecule has 3 aromatic carbocycles. The van der Waals surface area contributed by atoms with Crippen molar-refractivity contribution in [2.75, 3.05) is 38.2 Å². The average Bonchev–Trinajstić information content (AvgIpc) is 2.83. The van der Waals surface area contributed by atoms with Crippen molar-refractivity contribution in [2.24, 2.45) is 0 Å². The molecule has 1 aliphatic heterocycles. The largest absolute Gasteiger partial charge is 0.493 e. The Morgan fingerprint density at radius 1 is 1.06 bits per heavy atom. The maximum atomic E-state index is 13.0. The molecule has 33 heavy (non-hydrogen) atoms. The van der Waals surface area contributed by atoms with Gasteiger partial charge in [-0.3, -0.25) is 4.79 Å². The fourth-order valence-corrected chi connectivity index (χ4v) is 5.50. The van der Waals surface area contributed by atoms with E-state index in [2.05, 4.69) is 5.32 Å². The van der Waals surface area contributed by atoms with Gasteiger partial charge in [-0.05, 0) is 42.5 Å². The fraction of sp³-hybridized carbons (Fsp3) is 0.320. The quantitative estimate of drug-likeness (QED) is 0.506. The lowest BCUT2D eigenvalue weighted by molar-refractivity contribution is -0.116. The van der Waals surface area contributed by atoms with Crippen LogP contribution < -0.4 is 10.1 Å². The third-order valence-corrected chi connectivity index (χ3v) is 7.66. The number of rotatable bonds is 8. The second-order valence-electron chi connectivity index (χ2n) is 7.97. The van der Waals surface area contributed by atoms with E-state index in [4.69, 9.17) is 9.47 Å². The van der Waals surface area contributed by atoms with Gasteiger partial charge in [-0.25, -0.2) is 8.42 Å². The van der Waals surface area contributed by atoms with Crippen LogP contribution in [-0.4, -0.2) is 51.5 Å². The zero-order valence-corrected chi connectivity index (χ0v) is 19.4. The summed E-state index contributed by atoms with van der Waals surface area (Å²) >= 11 is 0. The minimum atomic E-state index is -3.64. The molecule has 1 fully saturated rings. The number of hydrogen-bond donors (Lipinski definition) is 1. The molecule has 1 N–H and O–H groups in total. The maximum absolute atomic E-state index is 13.0. The zero-order chi connectivity index (χ0) is 23.3. The Labute approximate surface area is 194 Å². The molecule has 0 aromatic heterocycles.